The van der Waals surface area contributed by atoms with Crippen LogP contribution in [0.3, 0.4) is 0 Å². The van der Waals surface area contributed by atoms with Crippen LogP contribution in [0.2, 0.25) is 5.02 Å². The molecule has 0 saturated carbocycles. The smallest absolute Gasteiger partial charge is 0.227 e. The third-order valence-electron chi connectivity index (χ3n) is 4.42. The van der Waals surface area contributed by atoms with E-state index in [2.05, 4.69) is 5.32 Å². The highest BCUT2D eigenvalue weighted by molar-refractivity contribution is 6.31. The number of carbonyl (C=O) groups excluding carboxylic acids is 2. The number of likely N-dealkylation sites (tertiary alicyclic amines) is 1. The minimum Gasteiger partial charge on any atom is -0.495 e. The SMILES string of the molecule is CCCC(=O)N1CCC(C(=O)Nc2cc(C)c(Cl)cc2OC)CC1. The number of amides is 2. The molecule has 0 bridgehead atoms. The Hall–Kier alpha value is -1.75. The second kappa shape index (κ2) is 8.38. The standard InChI is InChI=1S/C18H25ClN2O3/c1-4-5-17(22)21-8-6-13(7-9-21)18(23)20-15-10-12(2)14(19)11-16(15)24-3/h10-11,13H,4-9H2,1-3H3,(H,20,23). The highest BCUT2D eigenvalue weighted by atomic mass is 35.5. The maximum absolute atomic E-state index is 12.5. The van der Waals surface area contributed by atoms with Crippen molar-refractivity contribution >= 4 is 29.1 Å². The molecule has 5 nitrogen and oxygen atoms in total. The second-order valence-electron chi connectivity index (χ2n) is 6.20. The Morgan fingerprint density at radius 3 is 2.58 bits per heavy atom. The van der Waals surface area contributed by atoms with Crippen molar-refractivity contribution in [2.75, 3.05) is 25.5 Å². The number of nitrogens with zero attached hydrogens (tertiary/aromatic N) is 1. The number of carbonyl (C=O) groups is 2. The molecule has 132 valence electrons. The van der Waals surface area contributed by atoms with Gasteiger partial charge in [-0.25, -0.2) is 0 Å². The first-order valence-electron chi connectivity index (χ1n) is 8.39. The van der Waals surface area contributed by atoms with Crippen molar-refractivity contribution < 1.29 is 14.3 Å². The zero-order valence-corrected chi connectivity index (χ0v) is 15.3. The highest BCUT2D eigenvalue weighted by Gasteiger charge is 2.27. The van der Waals surface area contributed by atoms with Crippen molar-refractivity contribution in [2.24, 2.45) is 5.92 Å². The molecule has 0 radical (unpaired) electrons. The average molecular weight is 353 g/mol. The summed E-state index contributed by atoms with van der Waals surface area (Å²) in [6, 6.07) is 3.53. The van der Waals surface area contributed by atoms with Gasteiger partial charge in [-0.2, -0.15) is 0 Å². The summed E-state index contributed by atoms with van der Waals surface area (Å²) in [5, 5.41) is 3.55. The highest BCUT2D eigenvalue weighted by Crippen LogP contribution is 2.32. The van der Waals surface area contributed by atoms with Crippen LogP contribution in [0, 0.1) is 12.8 Å². The molecular formula is C18H25ClN2O3. The zero-order chi connectivity index (χ0) is 17.7. The van der Waals surface area contributed by atoms with Crippen LogP contribution in [0.25, 0.3) is 0 Å². The van der Waals surface area contributed by atoms with Gasteiger partial charge < -0.3 is 15.0 Å². The fourth-order valence-electron chi connectivity index (χ4n) is 2.93. The molecule has 0 aromatic heterocycles. The van der Waals surface area contributed by atoms with Crippen molar-refractivity contribution in [3.8, 4) is 5.75 Å². The second-order valence-corrected chi connectivity index (χ2v) is 6.60. The fourth-order valence-corrected chi connectivity index (χ4v) is 3.08. The molecule has 24 heavy (non-hydrogen) atoms. The summed E-state index contributed by atoms with van der Waals surface area (Å²) >= 11 is 6.09. The third kappa shape index (κ3) is 4.41. The van der Waals surface area contributed by atoms with Crippen LogP contribution < -0.4 is 10.1 Å². The van der Waals surface area contributed by atoms with E-state index in [0.717, 1.165) is 12.0 Å². The summed E-state index contributed by atoms with van der Waals surface area (Å²) < 4.78 is 5.29. The molecule has 2 amide bonds. The van der Waals surface area contributed by atoms with Gasteiger partial charge in [-0.1, -0.05) is 18.5 Å². The number of hydrogen-bond acceptors (Lipinski definition) is 3. The van der Waals surface area contributed by atoms with Crippen LogP contribution in [0.5, 0.6) is 5.75 Å². The number of ether oxygens (including phenoxy) is 1. The molecule has 1 aliphatic heterocycles. The summed E-state index contributed by atoms with van der Waals surface area (Å²) in [4.78, 5) is 26.3. The third-order valence-corrected chi connectivity index (χ3v) is 4.83. The number of methoxy groups -OCH3 is 1. The Morgan fingerprint density at radius 2 is 2.00 bits per heavy atom. The van der Waals surface area contributed by atoms with E-state index >= 15 is 0 Å². The Balaban J connectivity index is 1.97. The lowest BCUT2D eigenvalue weighted by Crippen LogP contribution is -2.41. The van der Waals surface area contributed by atoms with E-state index in [1.807, 2.05) is 24.8 Å². The van der Waals surface area contributed by atoms with E-state index in [9.17, 15) is 9.59 Å². The van der Waals surface area contributed by atoms with Crippen LogP contribution in [0.4, 0.5) is 5.69 Å². The molecule has 0 atom stereocenters. The lowest BCUT2D eigenvalue weighted by Gasteiger charge is -2.31. The van der Waals surface area contributed by atoms with Crippen LogP contribution in [-0.4, -0.2) is 36.9 Å². The van der Waals surface area contributed by atoms with Crippen molar-refractivity contribution in [1.82, 2.24) is 4.90 Å². The largest absolute Gasteiger partial charge is 0.495 e. The Kier molecular flexibility index (Phi) is 6.49. The number of hydrogen-bond donors (Lipinski definition) is 1. The number of rotatable bonds is 5. The molecule has 0 unspecified atom stereocenters. The van der Waals surface area contributed by atoms with Crippen molar-refractivity contribution in [3.05, 3.63) is 22.7 Å². The number of halogens is 1. The monoisotopic (exact) mass is 352 g/mol. The van der Waals surface area contributed by atoms with Gasteiger partial charge in [0.05, 0.1) is 12.8 Å². The molecule has 1 aliphatic rings. The summed E-state index contributed by atoms with van der Waals surface area (Å²) in [5.41, 5.74) is 1.52. The van der Waals surface area contributed by atoms with Crippen molar-refractivity contribution in [3.63, 3.8) is 0 Å². The van der Waals surface area contributed by atoms with Gasteiger partial charge in [0.25, 0.3) is 0 Å². The minimum absolute atomic E-state index is 0.0300. The molecule has 1 saturated heterocycles. The summed E-state index contributed by atoms with van der Waals surface area (Å²) in [6.07, 6.45) is 2.82. The van der Waals surface area contributed by atoms with E-state index in [0.29, 0.717) is 48.8 Å². The number of piperidine rings is 1. The summed E-state index contributed by atoms with van der Waals surface area (Å²) in [7, 11) is 1.55. The van der Waals surface area contributed by atoms with Crippen LogP contribution in [0.1, 0.15) is 38.2 Å². The number of aryl methyl sites for hydroxylation is 1. The van der Waals surface area contributed by atoms with Crippen LogP contribution in [0.15, 0.2) is 12.1 Å². The molecule has 0 aliphatic carbocycles. The number of nitrogens with one attached hydrogen (secondary N) is 1. The molecule has 1 aromatic rings. The molecule has 1 N–H and O–H groups in total. The first-order chi connectivity index (χ1) is 11.5. The van der Waals surface area contributed by atoms with Gasteiger partial charge in [0.2, 0.25) is 11.8 Å². The zero-order valence-electron chi connectivity index (χ0n) is 14.5. The Bertz CT molecular complexity index is 611. The van der Waals surface area contributed by atoms with Gasteiger partial charge in [0, 0.05) is 36.5 Å². The number of anilines is 1. The Morgan fingerprint density at radius 1 is 1.33 bits per heavy atom. The van der Waals surface area contributed by atoms with E-state index in [1.54, 1.807) is 13.2 Å². The van der Waals surface area contributed by atoms with E-state index < -0.39 is 0 Å². The summed E-state index contributed by atoms with van der Waals surface area (Å²) in [5.74, 6) is 0.620. The number of benzene rings is 1. The van der Waals surface area contributed by atoms with Crippen LogP contribution >= 0.6 is 11.6 Å². The van der Waals surface area contributed by atoms with Crippen LogP contribution in [-0.2, 0) is 9.59 Å². The molecule has 1 heterocycles. The maximum atomic E-state index is 12.5. The van der Waals surface area contributed by atoms with E-state index in [-0.39, 0.29) is 17.7 Å². The fraction of sp³-hybridized carbons (Fsp3) is 0.556. The first kappa shape index (κ1) is 18.6. The van der Waals surface area contributed by atoms with Gasteiger partial charge in [0.15, 0.2) is 0 Å². The Labute approximate surface area is 148 Å². The van der Waals surface area contributed by atoms with Crippen molar-refractivity contribution in [2.45, 2.75) is 39.5 Å². The average Bonchev–Trinajstić information content (AvgIpc) is 2.58. The molecule has 1 fully saturated rings. The predicted octanol–water partition coefficient (Wildman–Crippen LogP) is 3.63. The van der Waals surface area contributed by atoms with Gasteiger partial charge in [0.1, 0.15) is 5.75 Å². The summed E-state index contributed by atoms with van der Waals surface area (Å²) in [6.45, 7) is 5.18. The van der Waals surface area contributed by atoms with Gasteiger partial charge in [-0.3, -0.25) is 9.59 Å². The molecular weight excluding hydrogens is 328 g/mol. The molecule has 1 aromatic carbocycles. The topological polar surface area (TPSA) is 58.6 Å². The van der Waals surface area contributed by atoms with Crippen molar-refractivity contribution in [1.29, 1.82) is 0 Å². The molecule has 0 spiro atoms. The predicted molar refractivity (Wildman–Crippen MR) is 95.6 cm³/mol. The normalized spacial score (nSPS) is 15.2. The van der Waals surface area contributed by atoms with Gasteiger partial charge in [-0.15, -0.1) is 0 Å². The lowest BCUT2D eigenvalue weighted by atomic mass is 9.95. The molecule has 6 heteroatoms. The quantitative estimate of drug-likeness (QED) is 0.880. The van der Waals surface area contributed by atoms with Gasteiger partial charge in [-0.05, 0) is 37.8 Å². The lowest BCUT2D eigenvalue weighted by molar-refractivity contribution is -0.134. The minimum atomic E-state index is -0.0867. The maximum Gasteiger partial charge on any atom is 0.227 e. The van der Waals surface area contributed by atoms with E-state index in [1.165, 1.54) is 0 Å². The van der Waals surface area contributed by atoms with Gasteiger partial charge >= 0.3 is 0 Å². The first-order valence-corrected chi connectivity index (χ1v) is 8.76. The molecule has 2 rings (SSSR count). The van der Waals surface area contributed by atoms with E-state index in [4.69, 9.17) is 16.3 Å².